The number of carboxylic acids is 1. The van der Waals surface area contributed by atoms with Gasteiger partial charge in [-0.1, -0.05) is 64.4 Å². The molecule has 53 heavy (non-hydrogen) atoms. The second kappa shape index (κ2) is 22.4. The monoisotopic (exact) mass is 741 g/mol. The van der Waals surface area contributed by atoms with Gasteiger partial charge < -0.3 is 53.9 Å². The Morgan fingerprint density at radius 1 is 0.868 bits per heavy atom. The Morgan fingerprint density at radius 2 is 1.53 bits per heavy atom. The number of carbonyl (C=O) groups excluding carboxylic acids is 5. The minimum absolute atomic E-state index is 0.0272. The highest BCUT2D eigenvalue weighted by Crippen LogP contribution is 2.11. The first-order chi connectivity index (χ1) is 25.1. The first-order valence-electron chi connectivity index (χ1n) is 17.6. The summed E-state index contributed by atoms with van der Waals surface area (Å²) in [5, 5.41) is 22.6. The van der Waals surface area contributed by atoms with Crippen LogP contribution in [-0.2, 0) is 41.6 Å². The van der Waals surface area contributed by atoms with Gasteiger partial charge in [-0.3, -0.25) is 29.0 Å². The Labute approximate surface area is 309 Å². The number of rotatable bonds is 23. The minimum atomic E-state index is -1.22. The first-order valence-corrected chi connectivity index (χ1v) is 17.6. The predicted molar refractivity (Wildman–Crippen MR) is 198 cm³/mol. The van der Waals surface area contributed by atoms with Crippen LogP contribution in [0.3, 0.4) is 0 Å². The van der Waals surface area contributed by atoms with Gasteiger partial charge in [0, 0.05) is 24.9 Å². The Morgan fingerprint density at radius 3 is 2.11 bits per heavy atom. The number of H-pyrrole nitrogens is 1. The summed E-state index contributed by atoms with van der Waals surface area (Å²) < 4.78 is 0. The number of benzene rings is 1. The molecule has 1 aromatic heterocycles. The molecule has 13 N–H and O–H groups in total. The number of guanidine groups is 1. The summed E-state index contributed by atoms with van der Waals surface area (Å²) in [7, 11) is 0. The quantitative estimate of drug-likeness (QED) is 0.0367. The van der Waals surface area contributed by atoms with E-state index >= 15 is 0 Å². The van der Waals surface area contributed by atoms with Gasteiger partial charge in [0.15, 0.2) is 5.96 Å². The van der Waals surface area contributed by atoms with Gasteiger partial charge in [0.2, 0.25) is 29.5 Å². The van der Waals surface area contributed by atoms with E-state index in [0.717, 1.165) is 5.56 Å². The van der Waals surface area contributed by atoms with Crippen LogP contribution in [0, 0.1) is 11.8 Å². The predicted octanol–water partition coefficient (Wildman–Crippen LogP) is -1.19. The highest BCUT2D eigenvalue weighted by atomic mass is 16.4. The van der Waals surface area contributed by atoms with E-state index < -0.39 is 78.2 Å². The van der Waals surface area contributed by atoms with Gasteiger partial charge in [0.05, 0.1) is 18.9 Å². The van der Waals surface area contributed by atoms with Crippen LogP contribution in [0.4, 0.5) is 0 Å². The molecule has 0 unspecified atom stereocenters. The lowest BCUT2D eigenvalue weighted by atomic mass is 9.97. The maximum absolute atomic E-state index is 13.7. The highest BCUT2D eigenvalue weighted by Gasteiger charge is 2.32. The fraction of sp³-hybridized carbons (Fsp3) is 0.543. The normalized spacial score (nSPS) is 14.4. The number of nitrogens with two attached hydrogens (primary N) is 3. The summed E-state index contributed by atoms with van der Waals surface area (Å²) >= 11 is 0. The number of aromatic amines is 1. The van der Waals surface area contributed by atoms with Crippen molar-refractivity contribution in [2.24, 2.45) is 34.0 Å². The van der Waals surface area contributed by atoms with E-state index in [-0.39, 0.29) is 50.5 Å². The molecule has 6 atom stereocenters. The molecule has 5 amide bonds. The van der Waals surface area contributed by atoms with Crippen molar-refractivity contribution in [3.63, 3.8) is 0 Å². The molecule has 292 valence electrons. The Kier molecular flexibility index (Phi) is 18.5. The van der Waals surface area contributed by atoms with Gasteiger partial charge in [-0.2, -0.15) is 0 Å². The lowest BCUT2D eigenvalue weighted by Gasteiger charge is -2.27. The molecule has 18 heteroatoms. The van der Waals surface area contributed by atoms with Gasteiger partial charge in [-0.05, 0) is 43.1 Å². The van der Waals surface area contributed by atoms with Crippen molar-refractivity contribution in [1.82, 2.24) is 36.6 Å². The third-order valence-corrected chi connectivity index (χ3v) is 8.38. The van der Waals surface area contributed by atoms with Crippen molar-refractivity contribution in [2.45, 2.75) is 96.4 Å². The van der Waals surface area contributed by atoms with Crippen LogP contribution in [0.25, 0.3) is 0 Å². The maximum Gasteiger partial charge on any atom is 0.326 e. The van der Waals surface area contributed by atoms with Crippen LogP contribution >= 0.6 is 0 Å². The first kappa shape index (κ1) is 43.6. The Bertz CT molecular complexity index is 1520. The van der Waals surface area contributed by atoms with Crippen LogP contribution in [-0.4, -0.2) is 99.8 Å². The largest absolute Gasteiger partial charge is 0.480 e. The van der Waals surface area contributed by atoms with E-state index in [1.165, 1.54) is 12.5 Å². The summed E-state index contributed by atoms with van der Waals surface area (Å²) in [6.07, 6.45) is 4.20. The lowest BCUT2D eigenvalue weighted by molar-refractivity contribution is -0.142. The van der Waals surface area contributed by atoms with Crippen molar-refractivity contribution < 1.29 is 33.9 Å². The third-order valence-electron chi connectivity index (χ3n) is 8.38. The highest BCUT2D eigenvalue weighted by molar-refractivity contribution is 5.95. The Hall–Kier alpha value is -5.52. The van der Waals surface area contributed by atoms with E-state index in [2.05, 4.69) is 41.5 Å². The van der Waals surface area contributed by atoms with Crippen molar-refractivity contribution in [3.8, 4) is 0 Å². The van der Waals surface area contributed by atoms with Crippen molar-refractivity contribution in [2.75, 3.05) is 13.1 Å². The van der Waals surface area contributed by atoms with E-state index in [0.29, 0.717) is 12.1 Å². The smallest absolute Gasteiger partial charge is 0.326 e. The number of amides is 5. The molecule has 0 aliphatic carbocycles. The third kappa shape index (κ3) is 16.1. The fourth-order valence-corrected chi connectivity index (χ4v) is 5.28. The van der Waals surface area contributed by atoms with Crippen molar-refractivity contribution in [3.05, 3.63) is 54.1 Å². The SMILES string of the molecule is CC[C@H](C)[C@H](NC(=O)[C@H](Cc1cnc[nH]1)NC(=O)[C@@H](N)Cc1ccccc1)C(=O)NCC(=O)N[C@@H](CCCN=C(N)N)C(=O)N[C@@H](CC(C)C)C(=O)O. The van der Waals surface area contributed by atoms with E-state index in [9.17, 15) is 33.9 Å². The molecule has 18 nitrogen and oxygen atoms in total. The van der Waals surface area contributed by atoms with Gasteiger partial charge in [-0.15, -0.1) is 0 Å². The van der Waals surface area contributed by atoms with E-state index in [4.69, 9.17) is 17.2 Å². The molecule has 0 bridgehead atoms. The zero-order chi connectivity index (χ0) is 39.5. The second-order valence-electron chi connectivity index (χ2n) is 13.3. The van der Waals surface area contributed by atoms with Crippen LogP contribution in [0.15, 0.2) is 47.8 Å². The lowest BCUT2D eigenvalue weighted by Crippen LogP contribution is -2.58. The summed E-state index contributed by atoms with van der Waals surface area (Å²) in [4.78, 5) is 89.0. The van der Waals surface area contributed by atoms with Gasteiger partial charge >= 0.3 is 5.97 Å². The molecule has 0 aliphatic rings. The molecule has 0 fully saturated rings. The molecule has 0 saturated carbocycles. The number of nitrogens with zero attached hydrogens (tertiary/aromatic N) is 2. The molecule has 0 aliphatic heterocycles. The number of imidazole rings is 1. The molecule has 2 aromatic rings. The van der Waals surface area contributed by atoms with Crippen LogP contribution < -0.4 is 43.8 Å². The molecule has 2 rings (SSSR count). The zero-order valence-electron chi connectivity index (χ0n) is 30.8. The van der Waals surface area contributed by atoms with Gasteiger partial charge in [0.1, 0.15) is 24.2 Å². The Balaban J connectivity index is 2.14. The summed E-state index contributed by atoms with van der Waals surface area (Å²) in [5.41, 5.74) is 18.3. The molecule has 1 aromatic carbocycles. The molecule has 1 heterocycles. The van der Waals surface area contributed by atoms with Gasteiger partial charge in [-0.25, -0.2) is 9.78 Å². The van der Waals surface area contributed by atoms with Crippen LogP contribution in [0.2, 0.25) is 0 Å². The second-order valence-corrected chi connectivity index (χ2v) is 13.3. The summed E-state index contributed by atoms with van der Waals surface area (Å²) in [6.45, 7) is 6.79. The molecule has 0 spiro atoms. The number of hydrogen-bond acceptors (Lipinski definition) is 9. The number of carboxylic acid groups (broad SMARTS) is 1. The number of carbonyl (C=O) groups is 6. The van der Waals surface area contributed by atoms with Crippen molar-refractivity contribution in [1.29, 1.82) is 0 Å². The number of hydrogen-bond donors (Lipinski definition) is 10. The summed E-state index contributed by atoms with van der Waals surface area (Å²) in [5.74, 6) is -5.14. The fourth-order valence-electron chi connectivity index (χ4n) is 5.28. The molecular formula is C35H55N11O7. The van der Waals surface area contributed by atoms with E-state index in [1.54, 1.807) is 6.92 Å². The average molecular weight is 742 g/mol. The van der Waals surface area contributed by atoms with Crippen LogP contribution in [0.5, 0.6) is 0 Å². The van der Waals surface area contributed by atoms with Crippen LogP contribution in [0.1, 0.15) is 64.6 Å². The molecule has 0 radical (unpaired) electrons. The standard InChI is InChI=1S/C35H55N11O7/c1-5-21(4)29(46-32(50)26(16-23-17-39-19-42-23)44-30(48)24(36)15-22-10-7-6-8-11-22)33(51)41-18-28(47)43-25(12-9-13-40-35(37)38)31(49)45-27(34(52)53)14-20(2)3/h6-8,10-11,17,19-21,24-27,29H,5,9,12-16,18,36H2,1-4H3,(H,39,42)(H,41,51)(H,43,47)(H,44,48)(H,45,49)(H,46,50)(H,52,53)(H4,37,38,40)/t21-,24-,25-,26-,27-,29-/m0/s1. The van der Waals surface area contributed by atoms with Crippen molar-refractivity contribution >= 4 is 41.5 Å². The zero-order valence-corrected chi connectivity index (χ0v) is 30.8. The number of nitrogens with one attached hydrogen (secondary N) is 6. The number of aliphatic carboxylic acids is 1. The number of aliphatic imine (C=N–C) groups is 1. The molecular weight excluding hydrogens is 686 g/mol. The average Bonchev–Trinajstić information content (AvgIpc) is 3.63. The van der Waals surface area contributed by atoms with Gasteiger partial charge in [0.25, 0.3) is 0 Å². The topological polar surface area (TPSA) is 302 Å². The summed E-state index contributed by atoms with van der Waals surface area (Å²) in [6, 6.07) is 3.65. The number of aromatic nitrogens is 2. The maximum atomic E-state index is 13.7. The molecule has 0 saturated heterocycles. The van der Waals surface area contributed by atoms with E-state index in [1.807, 2.05) is 51.1 Å². The minimum Gasteiger partial charge on any atom is -0.480 e.